The molecule has 74 valence electrons. The van der Waals surface area contributed by atoms with Crippen LogP contribution in [0.2, 0.25) is 0 Å². The number of halogens is 3. The monoisotopic (exact) mass is 228 g/mol. The molecule has 1 heterocycles. The summed E-state index contributed by atoms with van der Waals surface area (Å²) in [5, 5.41) is 0.308. The third kappa shape index (κ3) is 3.43. The van der Waals surface area contributed by atoms with E-state index in [9.17, 15) is 13.2 Å². The Morgan fingerprint density at radius 2 is 2.15 bits per heavy atom. The smallest absolute Gasteiger partial charge is 0.375 e. The van der Waals surface area contributed by atoms with Gasteiger partial charge >= 0.3 is 6.18 Å². The van der Waals surface area contributed by atoms with E-state index in [0.29, 0.717) is 15.0 Å². The molecule has 13 heavy (non-hydrogen) atoms. The van der Waals surface area contributed by atoms with E-state index in [1.165, 1.54) is 0 Å². The third-order valence-corrected chi connectivity index (χ3v) is 3.55. The number of aryl methyl sites for hydroxylation is 1. The molecule has 0 atom stereocenters. The van der Waals surface area contributed by atoms with Gasteiger partial charge in [0, 0.05) is 0 Å². The van der Waals surface area contributed by atoms with Gasteiger partial charge in [-0.25, -0.2) is 4.98 Å². The van der Waals surface area contributed by atoms with Crippen LogP contribution in [0.3, 0.4) is 0 Å². The minimum atomic E-state index is -4.14. The predicted molar refractivity (Wildman–Crippen MR) is 48.0 cm³/mol. The Bertz CT molecular complexity index is 295. The summed E-state index contributed by atoms with van der Waals surface area (Å²) in [6, 6.07) is 0. The van der Waals surface area contributed by atoms with E-state index < -0.39 is 11.9 Å². The van der Waals surface area contributed by atoms with Crippen LogP contribution in [0.25, 0.3) is 0 Å². The van der Waals surface area contributed by atoms with Gasteiger partial charge in [0.15, 0.2) is 5.13 Å². The van der Waals surface area contributed by atoms with E-state index in [1.807, 2.05) is 0 Å². The van der Waals surface area contributed by atoms with Gasteiger partial charge in [0.2, 0.25) is 0 Å². The highest BCUT2D eigenvalue weighted by Gasteiger charge is 2.28. The van der Waals surface area contributed by atoms with Gasteiger partial charge in [0.05, 0.1) is 15.7 Å². The average molecular weight is 228 g/mol. The summed E-state index contributed by atoms with van der Waals surface area (Å²) >= 11 is 1.81. The van der Waals surface area contributed by atoms with E-state index >= 15 is 0 Å². The molecule has 0 bridgehead atoms. The minimum Gasteiger partial charge on any atom is -0.375 e. The molecule has 0 aromatic carbocycles. The predicted octanol–water partition coefficient (Wildman–Crippen LogP) is 2.69. The van der Waals surface area contributed by atoms with Crippen molar-refractivity contribution in [2.75, 3.05) is 11.5 Å². The molecule has 0 radical (unpaired) electrons. The summed E-state index contributed by atoms with van der Waals surface area (Å²) in [6.07, 6.45) is -4.14. The Morgan fingerprint density at radius 3 is 2.54 bits per heavy atom. The Labute approximate surface area is 81.3 Å². The zero-order valence-electron chi connectivity index (χ0n) is 6.68. The summed E-state index contributed by atoms with van der Waals surface area (Å²) in [5.74, 6) is -0.893. The number of nitrogen functional groups attached to an aromatic ring is 1. The molecule has 0 aliphatic rings. The van der Waals surface area contributed by atoms with E-state index in [4.69, 9.17) is 5.73 Å². The standard InChI is InChI=1S/C6H7F3N2S2/c1-3-4(13-5(10)11-3)12-2-6(7,8)9/h2H2,1H3,(H2,10,11). The fourth-order valence-corrected chi connectivity index (χ4v) is 2.47. The second kappa shape index (κ2) is 3.75. The van der Waals surface area contributed by atoms with Gasteiger partial charge in [-0.05, 0) is 6.92 Å². The maximum absolute atomic E-state index is 11.8. The quantitative estimate of drug-likeness (QED) is 0.791. The van der Waals surface area contributed by atoms with Crippen LogP contribution in [-0.4, -0.2) is 16.9 Å². The van der Waals surface area contributed by atoms with Gasteiger partial charge in [0.25, 0.3) is 0 Å². The lowest BCUT2D eigenvalue weighted by atomic mass is 10.6. The van der Waals surface area contributed by atoms with E-state index in [-0.39, 0.29) is 0 Å². The number of hydrogen-bond donors (Lipinski definition) is 1. The molecule has 0 fully saturated rings. The molecule has 0 aliphatic heterocycles. The first-order chi connectivity index (χ1) is 5.88. The van der Waals surface area contributed by atoms with Crippen LogP contribution >= 0.6 is 23.1 Å². The SMILES string of the molecule is Cc1nc(N)sc1SCC(F)(F)F. The minimum absolute atomic E-state index is 0.308. The Morgan fingerprint density at radius 1 is 1.54 bits per heavy atom. The number of aromatic nitrogens is 1. The van der Waals surface area contributed by atoms with Crippen LogP contribution in [-0.2, 0) is 0 Å². The maximum atomic E-state index is 11.8. The highest BCUT2D eigenvalue weighted by molar-refractivity contribution is 8.01. The third-order valence-electron chi connectivity index (χ3n) is 1.14. The number of rotatable bonds is 2. The normalized spacial score (nSPS) is 12.0. The summed E-state index contributed by atoms with van der Waals surface area (Å²) in [5.41, 5.74) is 5.90. The van der Waals surface area contributed by atoms with Crippen LogP contribution in [0.15, 0.2) is 4.21 Å². The first kappa shape index (κ1) is 10.6. The fraction of sp³-hybridized carbons (Fsp3) is 0.500. The highest BCUT2D eigenvalue weighted by Crippen LogP contribution is 2.34. The van der Waals surface area contributed by atoms with Crippen molar-refractivity contribution in [2.24, 2.45) is 0 Å². The molecule has 7 heteroatoms. The lowest BCUT2D eigenvalue weighted by molar-refractivity contribution is -0.105. The highest BCUT2D eigenvalue weighted by atomic mass is 32.2. The Kier molecular flexibility index (Phi) is 3.07. The second-order valence-corrected chi connectivity index (χ2v) is 4.60. The molecule has 1 aromatic rings. The largest absolute Gasteiger partial charge is 0.398 e. The number of alkyl halides is 3. The summed E-state index contributed by atoms with van der Waals surface area (Å²) in [4.78, 5) is 3.82. The topological polar surface area (TPSA) is 38.9 Å². The van der Waals surface area contributed by atoms with Crippen molar-refractivity contribution < 1.29 is 13.2 Å². The number of anilines is 1. The summed E-state index contributed by atoms with van der Waals surface area (Å²) in [6.45, 7) is 1.64. The van der Waals surface area contributed by atoms with Crippen LogP contribution in [0.5, 0.6) is 0 Å². The molecular formula is C6H7F3N2S2. The Balaban J connectivity index is 2.59. The van der Waals surface area contributed by atoms with Crippen LogP contribution in [0.1, 0.15) is 5.69 Å². The van der Waals surface area contributed by atoms with Crippen molar-refractivity contribution >= 4 is 28.2 Å². The first-order valence-corrected chi connectivity index (χ1v) is 5.11. The number of nitrogens with two attached hydrogens (primary N) is 1. The molecule has 0 aliphatic carbocycles. The lowest BCUT2D eigenvalue weighted by Gasteiger charge is -2.03. The van der Waals surface area contributed by atoms with Gasteiger partial charge < -0.3 is 5.73 Å². The molecular weight excluding hydrogens is 221 g/mol. The number of thioether (sulfide) groups is 1. The average Bonchev–Trinajstić information content (AvgIpc) is 2.24. The molecule has 0 unspecified atom stereocenters. The molecule has 1 aromatic heterocycles. The van der Waals surface area contributed by atoms with Gasteiger partial charge in [-0.1, -0.05) is 11.3 Å². The van der Waals surface area contributed by atoms with Crippen LogP contribution in [0.4, 0.5) is 18.3 Å². The van der Waals surface area contributed by atoms with Gasteiger partial charge in [0.1, 0.15) is 0 Å². The Hall–Kier alpha value is -0.430. The van der Waals surface area contributed by atoms with Crippen LogP contribution < -0.4 is 5.73 Å². The van der Waals surface area contributed by atoms with E-state index in [1.54, 1.807) is 6.92 Å². The van der Waals surface area contributed by atoms with Crippen molar-refractivity contribution in [1.29, 1.82) is 0 Å². The number of hydrogen-bond acceptors (Lipinski definition) is 4. The molecule has 2 nitrogen and oxygen atoms in total. The van der Waals surface area contributed by atoms with Gasteiger partial charge in [-0.15, -0.1) is 11.8 Å². The van der Waals surface area contributed by atoms with Crippen molar-refractivity contribution in [3.05, 3.63) is 5.69 Å². The lowest BCUT2D eigenvalue weighted by Crippen LogP contribution is -2.10. The van der Waals surface area contributed by atoms with E-state index in [2.05, 4.69) is 4.98 Å². The molecule has 0 spiro atoms. The van der Waals surface area contributed by atoms with Crippen molar-refractivity contribution in [3.8, 4) is 0 Å². The summed E-state index contributed by atoms with van der Waals surface area (Å²) in [7, 11) is 0. The first-order valence-electron chi connectivity index (χ1n) is 3.31. The van der Waals surface area contributed by atoms with Crippen molar-refractivity contribution in [3.63, 3.8) is 0 Å². The molecule has 0 amide bonds. The zero-order valence-corrected chi connectivity index (χ0v) is 8.32. The molecule has 1 rings (SSSR count). The molecule has 2 N–H and O–H groups in total. The van der Waals surface area contributed by atoms with Crippen LogP contribution in [0, 0.1) is 6.92 Å². The van der Waals surface area contributed by atoms with E-state index in [0.717, 1.165) is 23.1 Å². The van der Waals surface area contributed by atoms with Crippen molar-refractivity contribution in [2.45, 2.75) is 17.3 Å². The molecule has 0 saturated carbocycles. The van der Waals surface area contributed by atoms with Gasteiger partial charge in [-0.3, -0.25) is 0 Å². The number of nitrogens with zero attached hydrogens (tertiary/aromatic N) is 1. The van der Waals surface area contributed by atoms with Crippen molar-refractivity contribution in [1.82, 2.24) is 4.98 Å². The maximum Gasteiger partial charge on any atom is 0.398 e. The van der Waals surface area contributed by atoms with Gasteiger partial charge in [-0.2, -0.15) is 13.2 Å². The number of thiazole rings is 1. The second-order valence-electron chi connectivity index (χ2n) is 2.33. The zero-order chi connectivity index (χ0) is 10.1. The summed E-state index contributed by atoms with van der Waals surface area (Å²) < 4.78 is 36.0. The fourth-order valence-electron chi connectivity index (χ4n) is 0.684. The molecule has 0 saturated heterocycles.